The number of nitrogens with zero attached hydrogens (tertiary/aromatic N) is 4. The monoisotopic (exact) mass is 339 g/mol. The van der Waals surface area contributed by atoms with Crippen LogP contribution in [0.25, 0.3) is 33.5 Å². The van der Waals surface area contributed by atoms with Gasteiger partial charge in [-0.05, 0) is 0 Å². The Hall–Kier alpha value is -3.24. The van der Waals surface area contributed by atoms with Crippen molar-refractivity contribution in [1.82, 2.24) is 24.7 Å². The third-order valence-electron chi connectivity index (χ3n) is 3.35. The summed E-state index contributed by atoms with van der Waals surface area (Å²) in [6.45, 7) is -2.92. The fourth-order valence-corrected chi connectivity index (χ4v) is 2.37. The molecule has 0 aliphatic carbocycles. The summed E-state index contributed by atoms with van der Waals surface area (Å²) in [7, 11) is 0. The lowest BCUT2D eigenvalue weighted by molar-refractivity contribution is 0.0608. The molecule has 0 aliphatic heterocycles. The van der Waals surface area contributed by atoms with Crippen LogP contribution in [0.5, 0.6) is 0 Å². The SMILES string of the molecule is O=c1[nH]c2c(F)cc(F)c(-c3cnc4c(cnn4C(F)F)n3)c2o1. The van der Waals surface area contributed by atoms with E-state index in [0.717, 1.165) is 12.4 Å². The zero-order valence-electron chi connectivity index (χ0n) is 11.4. The summed E-state index contributed by atoms with van der Waals surface area (Å²) in [6.07, 6.45) is 2.04. The van der Waals surface area contributed by atoms with E-state index >= 15 is 0 Å². The molecule has 0 atom stereocenters. The number of aromatic nitrogens is 5. The summed E-state index contributed by atoms with van der Waals surface area (Å²) in [5.41, 5.74) is -1.38. The van der Waals surface area contributed by atoms with Crippen LogP contribution in [0.4, 0.5) is 17.6 Å². The highest BCUT2D eigenvalue weighted by Crippen LogP contribution is 2.31. The predicted molar refractivity (Wildman–Crippen MR) is 72.3 cm³/mol. The average Bonchev–Trinajstić information content (AvgIpc) is 3.10. The topological polar surface area (TPSA) is 89.6 Å². The van der Waals surface area contributed by atoms with Crippen LogP contribution in [-0.4, -0.2) is 24.7 Å². The molecule has 0 amide bonds. The van der Waals surface area contributed by atoms with Gasteiger partial charge in [0.25, 0.3) is 0 Å². The second-order valence-corrected chi connectivity index (χ2v) is 4.76. The maximum Gasteiger partial charge on any atom is 0.417 e. The molecule has 1 N–H and O–H groups in total. The Labute approximate surface area is 128 Å². The summed E-state index contributed by atoms with van der Waals surface area (Å²) >= 11 is 0. The van der Waals surface area contributed by atoms with Gasteiger partial charge in [-0.2, -0.15) is 18.6 Å². The molecule has 0 saturated carbocycles. The number of halogens is 4. The van der Waals surface area contributed by atoms with Crippen molar-refractivity contribution >= 4 is 22.3 Å². The van der Waals surface area contributed by atoms with Crippen molar-refractivity contribution in [2.24, 2.45) is 0 Å². The van der Waals surface area contributed by atoms with Gasteiger partial charge in [-0.25, -0.2) is 23.5 Å². The van der Waals surface area contributed by atoms with E-state index in [-0.39, 0.29) is 33.5 Å². The van der Waals surface area contributed by atoms with E-state index in [1.165, 1.54) is 0 Å². The van der Waals surface area contributed by atoms with Crippen molar-refractivity contribution in [3.05, 3.63) is 40.6 Å². The molecule has 3 aromatic heterocycles. The minimum Gasteiger partial charge on any atom is -0.407 e. The number of aromatic amines is 1. The second kappa shape index (κ2) is 4.88. The van der Waals surface area contributed by atoms with E-state index in [2.05, 4.69) is 20.1 Å². The van der Waals surface area contributed by atoms with Gasteiger partial charge in [0.05, 0.1) is 23.7 Å². The largest absolute Gasteiger partial charge is 0.417 e. The number of fused-ring (bicyclic) bond motifs is 2. The van der Waals surface area contributed by atoms with Crippen molar-refractivity contribution < 1.29 is 22.0 Å². The molecule has 3 heterocycles. The smallest absolute Gasteiger partial charge is 0.407 e. The van der Waals surface area contributed by atoms with Gasteiger partial charge in [-0.15, -0.1) is 0 Å². The first-order valence-electron chi connectivity index (χ1n) is 6.45. The standard InChI is InChI=1S/C13H5F4N5O2/c14-4-1-5(15)9-10(24-13(23)21-9)8(4)6-2-18-11-7(20-6)3-19-22(11)12(16)17/h1-3,12H,(H,21,23). The van der Waals surface area contributed by atoms with Crippen LogP contribution < -0.4 is 5.76 Å². The van der Waals surface area contributed by atoms with Gasteiger partial charge in [-0.1, -0.05) is 0 Å². The highest BCUT2D eigenvalue weighted by atomic mass is 19.3. The van der Waals surface area contributed by atoms with Gasteiger partial charge >= 0.3 is 12.3 Å². The molecule has 0 spiro atoms. The molecular weight excluding hydrogens is 334 g/mol. The quantitative estimate of drug-likeness (QED) is 0.567. The van der Waals surface area contributed by atoms with Gasteiger partial charge in [0, 0.05) is 6.07 Å². The van der Waals surface area contributed by atoms with Crippen LogP contribution in [0.3, 0.4) is 0 Å². The van der Waals surface area contributed by atoms with E-state index in [4.69, 9.17) is 4.42 Å². The molecule has 1 aromatic carbocycles. The highest BCUT2D eigenvalue weighted by molar-refractivity contribution is 5.90. The van der Waals surface area contributed by atoms with E-state index in [9.17, 15) is 22.4 Å². The molecule has 4 rings (SSSR count). The number of rotatable bonds is 2. The molecule has 24 heavy (non-hydrogen) atoms. The van der Waals surface area contributed by atoms with Crippen LogP contribution >= 0.6 is 0 Å². The Morgan fingerprint density at radius 3 is 2.75 bits per heavy atom. The number of H-pyrrole nitrogens is 1. The molecule has 0 aliphatic rings. The van der Waals surface area contributed by atoms with E-state index in [0.29, 0.717) is 10.7 Å². The zero-order chi connectivity index (χ0) is 17.0. The molecule has 0 radical (unpaired) electrons. The molecule has 0 bridgehead atoms. The number of oxazole rings is 1. The number of benzene rings is 1. The Morgan fingerprint density at radius 1 is 1.21 bits per heavy atom. The number of hydrogen-bond donors (Lipinski definition) is 1. The normalized spacial score (nSPS) is 11.9. The van der Waals surface area contributed by atoms with Crippen molar-refractivity contribution in [3.63, 3.8) is 0 Å². The molecule has 11 heteroatoms. The van der Waals surface area contributed by atoms with Crippen LogP contribution in [0.2, 0.25) is 0 Å². The van der Waals surface area contributed by atoms with Gasteiger partial charge < -0.3 is 4.42 Å². The fourth-order valence-electron chi connectivity index (χ4n) is 2.37. The van der Waals surface area contributed by atoms with Crippen molar-refractivity contribution in [2.75, 3.05) is 0 Å². The van der Waals surface area contributed by atoms with E-state index in [1.807, 2.05) is 0 Å². The number of alkyl halides is 2. The molecular formula is C13H5F4N5O2. The van der Waals surface area contributed by atoms with Gasteiger partial charge in [0.1, 0.15) is 16.9 Å². The minimum absolute atomic E-state index is 0.0254. The van der Waals surface area contributed by atoms with E-state index < -0.39 is 23.9 Å². The first-order valence-corrected chi connectivity index (χ1v) is 6.45. The molecule has 0 fully saturated rings. The summed E-state index contributed by atoms with van der Waals surface area (Å²) in [5, 5.41) is 3.44. The van der Waals surface area contributed by atoms with Crippen LogP contribution in [0.1, 0.15) is 6.55 Å². The molecule has 4 aromatic rings. The lowest BCUT2D eigenvalue weighted by atomic mass is 10.1. The van der Waals surface area contributed by atoms with Crippen molar-refractivity contribution in [2.45, 2.75) is 6.55 Å². The van der Waals surface area contributed by atoms with E-state index in [1.54, 1.807) is 0 Å². The Balaban J connectivity index is 2.01. The summed E-state index contributed by atoms with van der Waals surface area (Å²) in [6, 6.07) is 0.553. The van der Waals surface area contributed by atoms with Crippen LogP contribution in [0.15, 0.2) is 27.7 Å². The lowest BCUT2D eigenvalue weighted by Crippen LogP contribution is -2.01. The van der Waals surface area contributed by atoms with Gasteiger partial charge in [-0.3, -0.25) is 4.98 Å². The first-order chi connectivity index (χ1) is 11.5. The molecule has 0 unspecified atom stereocenters. The van der Waals surface area contributed by atoms with Crippen molar-refractivity contribution in [1.29, 1.82) is 0 Å². The Morgan fingerprint density at radius 2 is 2.00 bits per heavy atom. The second-order valence-electron chi connectivity index (χ2n) is 4.76. The Kier molecular flexibility index (Phi) is 2.92. The average molecular weight is 339 g/mol. The first kappa shape index (κ1) is 14.4. The number of nitrogens with one attached hydrogen (secondary N) is 1. The number of hydrogen-bond acceptors (Lipinski definition) is 5. The molecule has 0 saturated heterocycles. The minimum atomic E-state index is -2.92. The lowest BCUT2D eigenvalue weighted by Gasteiger charge is -2.04. The predicted octanol–water partition coefficient (Wildman–Crippen LogP) is 2.60. The van der Waals surface area contributed by atoms with Crippen molar-refractivity contribution in [3.8, 4) is 11.3 Å². The third-order valence-corrected chi connectivity index (χ3v) is 3.35. The summed E-state index contributed by atoms with van der Waals surface area (Å²) < 4.78 is 58.5. The summed E-state index contributed by atoms with van der Waals surface area (Å²) in [5.74, 6) is -3.04. The zero-order valence-corrected chi connectivity index (χ0v) is 11.4. The van der Waals surface area contributed by atoms with Gasteiger partial charge in [0.2, 0.25) is 0 Å². The molecule has 122 valence electrons. The summed E-state index contributed by atoms with van der Waals surface area (Å²) in [4.78, 5) is 21.1. The van der Waals surface area contributed by atoms with Crippen LogP contribution in [-0.2, 0) is 0 Å². The highest BCUT2D eigenvalue weighted by Gasteiger charge is 2.21. The van der Waals surface area contributed by atoms with Crippen LogP contribution in [0, 0.1) is 11.6 Å². The molecule has 7 nitrogen and oxygen atoms in total. The van der Waals surface area contributed by atoms with Gasteiger partial charge in [0.15, 0.2) is 17.0 Å². The Bertz CT molecular complexity index is 1150. The third kappa shape index (κ3) is 1.97. The fraction of sp³-hybridized carbons (Fsp3) is 0.0769. The maximum atomic E-state index is 14.2. The maximum absolute atomic E-state index is 14.2.